The molecule has 2 aromatic carbocycles. The fraction of sp³-hybridized carbons (Fsp3) is 0.261. The summed E-state index contributed by atoms with van der Waals surface area (Å²) in [7, 11) is 0. The summed E-state index contributed by atoms with van der Waals surface area (Å²) < 4.78 is 6.81. The molecule has 0 radical (unpaired) electrons. The number of carbonyl (C=O) groups is 2. The molecule has 1 heterocycles. The standard InChI is InChI=1S/C23H23N3O5/c1-23(2,3)20(27)15-31-21(28)13-17-14-25(18-7-5-4-6-8-18)24-22(17)16-9-11-19(12-10-16)26(29)30/h4-12,14H,13,15H2,1-3H3. The van der Waals surface area contributed by atoms with Crippen molar-refractivity contribution in [1.29, 1.82) is 0 Å². The summed E-state index contributed by atoms with van der Waals surface area (Å²) in [6, 6.07) is 15.3. The molecule has 31 heavy (non-hydrogen) atoms. The van der Waals surface area contributed by atoms with Gasteiger partial charge in [-0.3, -0.25) is 19.7 Å². The van der Waals surface area contributed by atoms with E-state index in [1.807, 2.05) is 30.3 Å². The first-order chi connectivity index (χ1) is 14.6. The Balaban J connectivity index is 1.88. The molecule has 0 fully saturated rings. The number of hydrogen-bond acceptors (Lipinski definition) is 6. The molecular weight excluding hydrogens is 398 g/mol. The summed E-state index contributed by atoms with van der Waals surface area (Å²) >= 11 is 0. The van der Waals surface area contributed by atoms with Crippen LogP contribution in [0.1, 0.15) is 26.3 Å². The van der Waals surface area contributed by atoms with Gasteiger partial charge in [0, 0.05) is 34.9 Å². The molecule has 0 spiro atoms. The number of carbonyl (C=O) groups excluding carboxylic acids is 2. The highest BCUT2D eigenvalue weighted by Crippen LogP contribution is 2.26. The van der Waals surface area contributed by atoms with Crippen LogP contribution in [0.5, 0.6) is 0 Å². The van der Waals surface area contributed by atoms with Gasteiger partial charge in [-0.25, -0.2) is 4.68 Å². The Morgan fingerprint density at radius 2 is 1.71 bits per heavy atom. The highest BCUT2D eigenvalue weighted by Gasteiger charge is 2.23. The number of nitrogens with zero attached hydrogens (tertiary/aromatic N) is 3. The van der Waals surface area contributed by atoms with E-state index in [0.29, 0.717) is 16.8 Å². The first-order valence-corrected chi connectivity index (χ1v) is 9.73. The van der Waals surface area contributed by atoms with Crippen LogP contribution in [0.15, 0.2) is 60.8 Å². The fourth-order valence-corrected chi connectivity index (χ4v) is 2.81. The lowest BCUT2D eigenvalue weighted by molar-refractivity contribution is -0.384. The zero-order valence-corrected chi connectivity index (χ0v) is 17.6. The average Bonchev–Trinajstić information content (AvgIpc) is 3.15. The molecule has 8 nitrogen and oxygen atoms in total. The van der Waals surface area contributed by atoms with E-state index >= 15 is 0 Å². The highest BCUT2D eigenvalue weighted by molar-refractivity contribution is 5.87. The molecule has 3 aromatic rings. The molecule has 3 rings (SSSR count). The van der Waals surface area contributed by atoms with Crippen LogP contribution in [0.3, 0.4) is 0 Å². The molecule has 0 aliphatic heterocycles. The van der Waals surface area contributed by atoms with Crippen molar-refractivity contribution in [1.82, 2.24) is 9.78 Å². The number of rotatable bonds is 7. The number of esters is 1. The molecule has 160 valence electrons. The van der Waals surface area contributed by atoms with Crippen LogP contribution in [-0.2, 0) is 20.7 Å². The predicted molar refractivity (Wildman–Crippen MR) is 115 cm³/mol. The van der Waals surface area contributed by atoms with Gasteiger partial charge in [-0.1, -0.05) is 39.0 Å². The lowest BCUT2D eigenvalue weighted by Gasteiger charge is -2.16. The number of ether oxygens (including phenoxy) is 1. The van der Waals surface area contributed by atoms with Crippen molar-refractivity contribution in [3.8, 4) is 16.9 Å². The maximum Gasteiger partial charge on any atom is 0.310 e. The van der Waals surface area contributed by atoms with Crippen molar-refractivity contribution >= 4 is 17.4 Å². The molecule has 0 atom stereocenters. The summed E-state index contributed by atoms with van der Waals surface area (Å²) in [5.74, 6) is -0.718. The Hall–Kier alpha value is -3.81. The topological polar surface area (TPSA) is 104 Å². The van der Waals surface area contributed by atoms with Crippen molar-refractivity contribution < 1.29 is 19.2 Å². The molecule has 8 heteroatoms. The second-order valence-corrected chi connectivity index (χ2v) is 8.10. The van der Waals surface area contributed by atoms with Crippen LogP contribution in [0, 0.1) is 15.5 Å². The third-order valence-electron chi connectivity index (χ3n) is 4.70. The van der Waals surface area contributed by atoms with E-state index in [9.17, 15) is 19.7 Å². The van der Waals surface area contributed by atoms with Crippen molar-refractivity contribution in [2.45, 2.75) is 27.2 Å². The van der Waals surface area contributed by atoms with E-state index in [2.05, 4.69) is 5.10 Å². The zero-order chi connectivity index (χ0) is 22.6. The van der Waals surface area contributed by atoms with E-state index in [0.717, 1.165) is 5.69 Å². The third-order valence-corrected chi connectivity index (χ3v) is 4.70. The second-order valence-electron chi connectivity index (χ2n) is 8.10. The predicted octanol–water partition coefficient (Wildman–Crippen LogP) is 4.15. The largest absolute Gasteiger partial charge is 0.457 e. The summed E-state index contributed by atoms with van der Waals surface area (Å²) in [4.78, 5) is 34.9. The van der Waals surface area contributed by atoms with Gasteiger partial charge < -0.3 is 4.74 Å². The lowest BCUT2D eigenvalue weighted by Crippen LogP contribution is -2.26. The number of non-ortho nitro benzene ring substituents is 1. The molecular formula is C23H23N3O5. The molecule has 0 aliphatic carbocycles. The Morgan fingerprint density at radius 1 is 1.06 bits per heavy atom. The lowest BCUT2D eigenvalue weighted by atomic mass is 9.91. The third kappa shape index (κ3) is 5.42. The van der Waals surface area contributed by atoms with Crippen LogP contribution in [-0.4, -0.2) is 33.1 Å². The summed E-state index contributed by atoms with van der Waals surface area (Å²) in [5, 5.41) is 15.5. The number of nitro groups is 1. The molecule has 0 saturated carbocycles. The van der Waals surface area contributed by atoms with Crippen LogP contribution in [0.25, 0.3) is 16.9 Å². The van der Waals surface area contributed by atoms with E-state index in [1.165, 1.54) is 12.1 Å². The van der Waals surface area contributed by atoms with E-state index < -0.39 is 16.3 Å². The molecule has 0 amide bonds. The van der Waals surface area contributed by atoms with Crippen LogP contribution in [0.2, 0.25) is 0 Å². The van der Waals surface area contributed by atoms with Gasteiger partial charge in [-0.15, -0.1) is 0 Å². The smallest absolute Gasteiger partial charge is 0.310 e. The number of aromatic nitrogens is 2. The number of hydrogen-bond donors (Lipinski definition) is 0. The second kappa shape index (κ2) is 8.91. The molecule has 0 bridgehead atoms. The molecule has 0 unspecified atom stereocenters. The van der Waals surface area contributed by atoms with Crippen molar-refractivity contribution in [3.63, 3.8) is 0 Å². The van der Waals surface area contributed by atoms with Gasteiger partial charge in [0.05, 0.1) is 22.7 Å². The van der Waals surface area contributed by atoms with Crippen molar-refractivity contribution in [2.24, 2.45) is 5.41 Å². The first-order valence-electron chi connectivity index (χ1n) is 9.73. The SMILES string of the molecule is CC(C)(C)C(=O)COC(=O)Cc1cn(-c2ccccc2)nc1-c1ccc([N+](=O)[O-])cc1. The Kier molecular flexibility index (Phi) is 6.29. The Labute approximate surface area is 179 Å². The van der Waals surface area contributed by atoms with Gasteiger partial charge in [-0.2, -0.15) is 5.10 Å². The van der Waals surface area contributed by atoms with Crippen LogP contribution in [0.4, 0.5) is 5.69 Å². The quantitative estimate of drug-likeness (QED) is 0.322. The Morgan fingerprint density at radius 3 is 2.29 bits per heavy atom. The zero-order valence-electron chi connectivity index (χ0n) is 17.6. The number of para-hydroxylation sites is 1. The van der Waals surface area contributed by atoms with Gasteiger partial charge in [0.25, 0.3) is 5.69 Å². The monoisotopic (exact) mass is 421 g/mol. The van der Waals surface area contributed by atoms with Gasteiger partial charge in [-0.05, 0) is 24.3 Å². The minimum atomic E-state index is -0.595. The minimum absolute atomic E-state index is 0.0344. The highest BCUT2D eigenvalue weighted by atomic mass is 16.6. The van der Waals surface area contributed by atoms with Crippen molar-refractivity contribution in [3.05, 3.63) is 76.5 Å². The summed E-state index contributed by atoms with van der Waals surface area (Å²) in [5.41, 5.74) is 1.90. The van der Waals surface area contributed by atoms with Gasteiger partial charge >= 0.3 is 5.97 Å². The minimum Gasteiger partial charge on any atom is -0.457 e. The Bertz CT molecular complexity index is 1100. The van der Waals surface area contributed by atoms with E-state index in [4.69, 9.17) is 4.74 Å². The van der Waals surface area contributed by atoms with Gasteiger partial charge in [0.2, 0.25) is 0 Å². The van der Waals surface area contributed by atoms with Crippen molar-refractivity contribution in [2.75, 3.05) is 6.61 Å². The van der Waals surface area contributed by atoms with E-state index in [-0.39, 0.29) is 24.5 Å². The number of ketones is 1. The molecule has 0 N–H and O–H groups in total. The maximum atomic E-state index is 12.4. The fourth-order valence-electron chi connectivity index (χ4n) is 2.81. The summed E-state index contributed by atoms with van der Waals surface area (Å²) in [6.45, 7) is 5.00. The number of nitro benzene ring substituents is 1. The number of Topliss-reactive ketones (excluding diaryl/α,β-unsaturated/α-hetero) is 1. The van der Waals surface area contributed by atoms with Crippen LogP contribution >= 0.6 is 0 Å². The molecule has 1 aromatic heterocycles. The normalized spacial score (nSPS) is 11.2. The maximum absolute atomic E-state index is 12.4. The van der Waals surface area contributed by atoms with Gasteiger partial charge in [0.1, 0.15) is 0 Å². The average molecular weight is 421 g/mol. The number of benzene rings is 2. The molecule has 0 saturated heterocycles. The molecule has 0 aliphatic rings. The van der Waals surface area contributed by atoms with Gasteiger partial charge in [0.15, 0.2) is 12.4 Å². The summed E-state index contributed by atoms with van der Waals surface area (Å²) in [6.07, 6.45) is 1.63. The van der Waals surface area contributed by atoms with Crippen LogP contribution < -0.4 is 0 Å². The first kappa shape index (κ1) is 21.9. The van der Waals surface area contributed by atoms with E-state index in [1.54, 1.807) is 43.8 Å².